The van der Waals surface area contributed by atoms with Gasteiger partial charge in [-0.05, 0) is 34.5 Å². The summed E-state index contributed by atoms with van der Waals surface area (Å²) in [5.41, 5.74) is 3.18. The average Bonchev–Trinajstić information content (AvgIpc) is 2.29. The van der Waals surface area contributed by atoms with Crippen molar-refractivity contribution in [2.45, 2.75) is 19.4 Å². The van der Waals surface area contributed by atoms with Crippen LogP contribution >= 0.6 is 15.9 Å². The summed E-state index contributed by atoms with van der Waals surface area (Å²) in [6.07, 6.45) is 3.51. The van der Waals surface area contributed by atoms with Crippen LogP contribution in [0.1, 0.15) is 22.8 Å². The number of halogens is 1. The number of aryl methyl sites for hydroxylation is 1. The SMILES string of the molecule is Cc1cccc(CC(O)c2cncc(Br)c2)c1. The molecule has 1 unspecified atom stereocenters. The maximum absolute atomic E-state index is 10.1. The van der Waals surface area contributed by atoms with Gasteiger partial charge in [-0.2, -0.15) is 0 Å². The number of pyridine rings is 1. The molecule has 88 valence electrons. The van der Waals surface area contributed by atoms with Crippen LogP contribution in [-0.4, -0.2) is 10.1 Å². The lowest BCUT2D eigenvalue weighted by molar-refractivity contribution is 0.178. The van der Waals surface area contributed by atoms with Gasteiger partial charge in [0.1, 0.15) is 0 Å². The smallest absolute Gasteiger partial charge is 0.0845 e. The Morgan fingerprint density at radius 3 is 2.82 bits per heavy atom. The van der Waals surface area contributed by atoms with Crippen molar-refractivity contribution < 1.29 is 5.11 Å². The van der Waals surface area contributed by atoms with Crippen LogP contribution in [0.2, 0.25) is 0 Å². The van der Waals surface area contributed by atoms with Gasteiger partial charge in [-0.3, -0.25) is 4.98 Å². The molecule has 3 heteroatoms. The highest BCUT2D eigenvalue weighted by Gasteiger charge is 2.09. The monoisotopic (exact) mass is 291 g/mol. The van der Waals surface area contributed by atoms with Crippen LogP contribution in [0, 0.1) is 6.92 Å². The summed E-state index contributed by atoms with van der Waals surface area (Å²) in [7, 11) is 0. The molecule has 0 amide bonds. The lowest BCUT2D eigenvalue weighted by atomic mass is 10.0. The zero-order chi connectivity index (χ0) is 12.3. The fourth-order valence-electron chi connectivity index (χ4n) is 1.79. The van der Waals surface area contributed by atoms with Crippen molar-refractivity contribution in [2.24, 2.45) is 0 Å². The van der Waals surface area contributed by atoms with Crippen molar-refractivity contribution in [1.29, 1.82) is 0 Å². The fourth-order valence-corrected chi connectivity index (χ4v) is 2.17. The molecule has 17 heavy (non-hydrogen) atoms. The largest absolute Gasteiger partial charge is 0.388 e. The second-order valence-corrected chi connectivity index (χ2v) is 5.06. The Balaban J connectivity index is 2.14. The topological polar surface area (TPSA) is 33.1 Å². The third kappa shape index (κ3) is 3.38. The van der Waals surface area contributed by atoms with Crippen LogP contribution in [0.15, 0.2) is 47.2 Å². The first kappa shape index (κ1) is 12.3. The lowest BCUT2D eigenvalue weighted by Crippen LogP contribution is -2.02. The Kier molecular flexibility index (Phi) is 3.92. The molecule has 1 atom stereocenters. The van der Waals surface area contributed by atoms with E-state index in [1.807, 2.05) is 18.2 Å². The van der Waals surface area contributed by atoms with E-state index in [1.165, 1.54) is 5.56 Å². The summed E-state index contributed by atoms with van der Waals surface area (Å²) in [6.45, 7) is 2.05. The predicted octanol–water partition coefficient (Wildman–Crippen LogP) is 3.43. The minimum Gasteiger partial charge on any atom is -0.388 e. The number of aliphatic hydroxyl groups is 1. The highest BCUT2D eigenvalue weighted by atomic mass is 79.9. The van der Waals surface area contributed by atoms with E-state index in [9.17, 15) is 5.11 Å². The highest BCUT2D eigenvalue weighted by molar-refractivity contribution is 9.10. The molecule has 0 aliphatic rings. The molecule has 1 N–H and O–H groups in total. The van der Waals surface area contributed by atoms with Gasteiger partial charge in [-0.25, -0.2) is 0 Å². The van der Waals surface area contributed by atoms with E-state index in [2.05, 4.69) is 40.0 Å². The maximum atomic E-state index is 10.1. The molecule has 1 aromatic carbocycles. The van der Waals surface area contributed by atoms with Crippen LogP contribution in [0.25, 0.3) is 0 Å². The van der Waals surface area contributed by atoms with Crippen LogP contribution < -0.4 is 0 Å². The number of aromatic nitrogens is 1. The fraction of sp³-hybridized carbons (Fsp3) is 0.214. The summed E-state index contributed by atoms with van der Waals surface area (Å²) in [6, 6.07) is 10.1. The Bertz CT molecular complexity index is 513. The third-order valence-electron chi connectivity index (χ3n) is 2.62. The summed E-state index contributed by atoms with van der Waals surface area (Å²) in [5, 5.41) is 10.1. The van der Waals surface area contributed by atoms with Gasteiger partial charge in [-0.15, -0.1) is 0 Å². The van der Waals surface area contributed by atoms with Gasteiger partial charge in [0.15, 0.2) is 0 Å². The molecule has 0 spiro atoms. The van der Waals surface area contributed by atoms with Crippen molar-refractivity contribution in [2.75, 3.05) is 0 Å². The van der Waals surface area contributed by atoms with Gasteiger partial charge >= 0.3 is 0 Å². The molecule has 0 radical (unpaired) electrons. The standard InChI is InChI=1S/C14H14BrNO/c1-10-3-2-4-11(5-10)6-14(17)12-7-13(15)9-16-8-12/h2-5,7-9,14,17H,6H2,1H3. The molecule has 0 aliphatic carbocycles. The van der Waals surface area contributed by atoms with Crippen LogP contribution in [0.5, 0.6) is 0 Å². The van der Waals surface area contributed by atoms with Gasteiger partial charge in [-0.1, -0.05) is 29.8 Å². The van der Waals surface area contributed by atoms with E-state index < -0.39 is 6.10 Å². The number of rotatable bonds is 3. The summed E-state index contributed by atoms with van der Waals surface area (Å²) in [4.78, 5) is 4.06. The van der Waals surface area contributed by atoms with Gasteiger partial charge in [0.2, 0.25) is 0 Å². The molecule has 2 rings (SSSR count). The summed E-state index contributed by atoms with van der Waals surface area (Å²) >= 11 is 3.35. The first-order valence-electron chi connectivity index (χ1n) is 5.49. The molecule has 2 aromatic rings. The van der Waals surface area contributed by atoms with E-state index >= 15 is 0 Å². The molecule has 0 aliphatic heterocycles. The Morgan fingerprint density at radius 2 is 2.12 bits per heavy atom. The number of aliphatic hydroxyl groups excluding tert-OH is 1. The summed E-state index contributed by atoms with van der Waals surface area (Å²) in [5.74, 6) is 0. The van der Waals surface area contributed by atoms with Crippen LogP contribution in [0.3, 0.4) is 0 Å². The van der Waals surface area contributed by atoms with Crippen LogP contribution in [-0.2, 0) is 6.42 Å². The second-order valence-electron chi connectivity index (χ2n) is 4.15. The molecule has 0 saturated heterocycles. The van der Waals surface area contributed by atoms with E-state index in [-0.39, 0.29) is 0 Å². The Hall–Kier alpha value is -1.19. The van der Waals surface area contributed by atoms with Gasteiger partial charge in [0.25, 0.3) is 0 Å². The molecule has 2 nitrogen and oxygen atoms in total. The van der Waals surface area contributed by atoms with E-state index in [0.29, 0.717) is 6.42 Å². The average molecular weight is 292 g/mol. The number of benzene rings is 1. The molecule has 1 heterocycles. The first-order valence-corrected chi connectivity index (χ1v) is 6.28. The minimum absolute atomic E-state index is 0.512. The number of nitrogens with zero attached hydrogens (tertiary/aromatic N) is 1. The van der Waals surface area contributed by atoms with E-state index in [1.54, 1.807) is 12.4 Å². The highest BCUT2D eigenvalue weighted by Crippen LogP contribution is 2.20. The Labute approximate surface area is 109 Å². The lowest BCUT2D eigenvalue weighted by Gasteiger charge is -2.11. The van der Waals surface area contributed by atoms with Crippen molar-refractivity contribution in [3.8, 4) is 0 Å². The zero-order valence-corrected chi connectivity index (χ0v) is 11.2. The Morgan fingerprint density at radius 1 is 1.29 bits per heavy atom. The molecule has 0 bridgehead atoms. The second kappa shape index (κ2) is 5.43. The molecule has 1 aromatic heterocycles. The third-order valence-corrected chi connectivity index (χ3v) is 3.06. The number of hydrogen-bond acceptors (Lipinski definition) is 2. The van der Waals surface area contributed by atoms with E-state index in [0.717, 1.165) is 15.6 Å². The minimum atomic E-state index is -0.512. The number of hydrogen-bond donors (Lipinski definition) is 1. The zero-order valence-electron chi connectivity index (χ0n) is 9.60. The summed E-state index contributed by atoms with van der Waals surface area (Å²) < 4.78 is 0.887. The maximum Gasteiger partial charge on any atom is 0.0845 e. The normalized spacial score (nSPS) is 12.4. The van der Waals surface area contributed by atoms with Crippen molar-refractivity contribution >= 4 is 15.9 Å². The van der Waals surface area contributed by atoms with Crippen LogP contribution in [0.4, 0.5) is 0 Å². The van der Waals surface area contributed by atoms with Gasteiger partial charge in [0, 0.05) is 28.9 Å². The van der Waals surface area contributed by atoms with E-state index in [4.69, 9.17) is 0 Å². The quantitative estimate of drug-likeness (QED) is 0.940. The molecular weight excluding hydrogens is 278 g/mol. The van der Waals surface area contributed by atoms with Crippen molar-refractivity contribution in [1.82, 2.24) is 4.98 Å². The van der Waals surface area contributed by atoms with Crippen molar-refractivity contribution in [3.63, 3.8) is 0 Å². The molecule has 0 saturated carbocycles. The predicted molar refractivity (Wildman–Crippen MR) is 71.8 cm³/mol. The molecular formula is C14H14BrNO. The van der Waals surface area contributed by atoms with Crippen molar-refractivity contribution in [3.05, 3.63) is 63.9 Å². The first-order chi connectivity index (χ1) is 8.15. The van der Waals surface area contributed by atoms with Gasteiger partial charge in [0.05, 0.1) is 6.10 Å². The van der Waals surface area contributed by atoms with Gasteiger partial charge < -0.3 is 5.11 Å². The molecule has 0 fully saturated rings.